The molecule has 2 N–H and O–H groups in total. The summed E-state index contributed by atoms with van der Waals surface area (Å²) in [5, 5.41) is 10.3. The molecule has 6 rings (SSSR count). The molecule has 8 nitrogen and oxygen atoms in total. The Morgan fingerprint density at radius 3 is 2.69 bits per heavy atom. The number of nitrogens with zero attached hydrogens (tertiary/aromatic N) is 5. The van der Waals surface area contributed by atoms with E-state index >= 15 is 0 Å². The number of nitrogens with one attached hydrogen (secondary N) is 2. The predicted molar refractivity (Wildman–Crippen MR) is 126 cm³/mol. The average Bonchev–Trinajstić information content (AvgIpc) is 3.43. The minimum atomic E-state index is 0.442. The lowest BCUT2D eigenvalue weighted by atomic mass is 9.90. The maximum atomic E-state index is 5.52. The van der Waals surface area contributed by atoms with Crippen LogP contribution >= 0.6 is 0 Å². The summed E-state index contributed by atoms with van der Waals surface area (Å²) in [6.45, 7) is 3.89. The van der Waals surface area contributed by atoms with Crippen LogP contribution in [0.3, 0.4) is 0 Å². The van der Waals surface area contributed by atoms with Crippen molar-refractivity contribution < 1.29 is 4.74 Å². The molecule has 1 aliphatic carbocycles. The summed E-state index contributed by atoms with van der Waals surface area (Å²) in [4.78, 5) is 15.2. The van der Waals surface area contributed by atoms with E-state index in [0.717, 1.165) is 78.0 Å². The Hall–Kier alpha value is -2.97. The third-order valence-electron chi connectivity index (χ3n) is 7.03. The Bertz CT molecular complexity index is 1230. The number of fused-ring (bicyclic) bond motifs is 3. The van der Waals surface area contributed by atoms with E-state index in [2.05, 4.69) is 48.5 Å². The first-order chi connectivity index (χ1) is 15.7. The zero-order valence-corrected chi connectivity index (χ0v) is 18.4. The molecule has 3 aromatic heterocycles. The molecule has 8 heteroatoms. The van der Waals surface area contributed by atoms with Crippen LogP contribution in [0.4, 0.5) is 5.82 Å². The second kappa shape index (κ2) is 8.18. The number of anilines is 1. The van der Waals surface area contributed by atoms with Crippen molar-refractivity contribution in [3.8, 4) is 11.1 Å². The lowest BCUT2D eigenvalue weighted by Crippen LogP contribution is -2.46. The number of H-pyrrole nitrogens is 1. The number of hydrogen-bond acceptors (Lipinski definition) is 6. The number of aromatic nitrogens is 5. The van der Waals surface area contributed by atoms with Crippen LogP contribution in [0.2, 0.25) is 0 Å². The van der Waals surface area contributed by atoms with Gasteiger partial charge in [-0.15, -0.1) is 0 Å². The van der Waals surface area contributed by atoms with Crippen molar-refractivity contribution in [3.63, 3.8) is 0 Å². The second-order valence-corrected chi connectivity index (χ2v) is 9.03. The van der Waals surface area contributed by atoms with E-state index in [0.29, 0.717) is 12.1 Å². The highest BCUT2D eigenvalue weighted by atomic mass is 16.5. The first-order valence-electron chi connectivity index (χ1n) is 11.6. The quantitative estimate of drug-likeness (QED) is 0.514. The number of ether oxygens (including phenoxy) is 1. The predicted octanol–water partition coefficient (Wildman–Crippen LogP) is 3.57. The first kappa shape index (κ1) is 19.7. The molecular formula is C24H29N7O. The van der Waals surface area contributed by atoms with E-state index in [1.807, 2.05) is 24.1 Å². The maximum Gasteiger partial charge on any atom is 0.143 e. The number of aryl methyl sites for hydroxylation is 1. The van der Waals surface area contributed by atoms with Crippen LogP contribution in [-0.4, -0.2) is 68.0 Å². The Kier molecular flexibility index (Phi) is 5.04. The van der Waals surface area contributed by atoms with Crippen molar-refractivity contribution >= 4 is 27.8 Å². The van der Waals surface area contributed by atoms with Gasteiger partial charge in [0.2, 0.25) is 0 Å². The molecule has 32 heavy (non-hydrogen) atoms. The number of morpholine rings is 1. The van der Waals surface area contributed by atoms with Gasteiger partial charge in [-0.25, -0.2) is 9.97 Å². The molecule has 2 aliphatic rings. The van der Waals surface area contributed by atoms with Crippen LogP contribution in [0.1, 0.15) is 25.7 Å². The maximum absolute atomic E-state index is 5.52. The van der Waals surface area contributed by atoms with E-state index in [1.54, 1.807) is 6.33 Å². The largest absolute Gasteiger partial charge is 0.379 e. The highest BCUT2D eigenvalue weighted by Gasteiger charge is 2.27. The molecule has 1 aromatic carbocycles. The van der Waals surface area contributed by atoms with Crippen molar-refractivity contribution in [1.29, 1.82) is 0 Å². The molecule has 1 aliphatic heterocycles. The Morgan fingerprint density at radius 2 is 1.91 bits per heavy atom. The van der Waals surface area contributed by atoms with Gasteiger partial charge in [0.25, 0.3) is 0 Å². The van der Waals surface area contributed by atoms with Gasteiger partial charge in [0.15, 0.2) is 0 Å². The molecule has 1 saturated heterocycles. The van der Waals surface area contributed by atoms with Gasteiger partial charge in [-0.2, -0.15) is 5.10 Å². The summed E-state index contributed by atoms with van der Waals surface area (Å²) in [6, 6.07) is 7.60. The molecule has 0 radical (unpaired) electrons. The highest BCUT2D eigenvalue weighted by Crippen LogP contribution is 2.34. The molecule has 0 amide bonds. The van der Waals surface area contributed by atoms with Gasteiger partial charge in [0.1, 0.15) is 17.8 Å². The molecule has 0 spiro atoms. The van der Waals surface area contributed by atoms with Crippen LogP contribution in [-0.2, 0) is 11.8 Å². The Balaban J connectivity index is 1.26. The lowest BCUT2D eigenvalue weighted by Gasteiger charge is -2.39. The third kappa shape index (κ3) is 3.63. The van der Waals surface area contributed by atoms with E-state index < -0.39 is 0 Å². The van der Waals surface area contributed by atoms with Crippen LogP contribution in [0.5, 0.6) is 0 Å². The molecule has 0 atom stereocenters. The summed E-state index contributed by atoms with van der Waals surface area (Å²) in [6.07, 6.45) is 10.4. The SMILES string of the molecule is Cn1cc(-c2ccc3[nH]c4ncnc(N[C@H]5CC[C@H](N6CCOCC6)CC5)c4c3c2)cn1. The summed E-state index contributed by atoms with van der Waals surface area (Å²) < 4.78 is 7.35. The minimum absolute atomic E-state index is 0.442. The van der Waals surface area contributed by atoms with Crippen molar-refractivity contribution in [2.45, 2.75) is 37.8 Å². The summed E-state index contributed by atoms with van der Waals surface area (Å²) in [5.41, 5.74) is 4.21. The first-order valence-corrected chi connectivity index (χ1v) is 11.6. The Labute approximate surface area is 187 Å². The molecule has 4 heterocycles. The molecule has 1 saturated carbocycles. The van der Waals surface area contributed by atoms with Gasteiger partial charge in [0, 0.05) is 54.9 Å². The van der Waals surface area contributed by atoms with Gasteiger partial charge >= 0.3 is 0 Å². The van der Waals surface area contributed by atoms with Gasteiger partial charge in [-0.05, 0) is 43.4 Å². The number of hydrogen-bond donors (Lipinski definition) is 2. The number of rotatable bonds is 4. The van der Waals surface area contributed by atoms with Gasteiger partial charge in [0.05, 0.1) is 24.8 Å². The Morgan fingerprint density at radius 1 is 1.06 bits per heavy atom. The summed E-state index contributed by atoms with van der Waals surface area (Å²) in [7, 11) is 1.94. The van der Waals surface area contributed by atoms with Crippen molar-refractivity contribution in [2.24, 2.45) is 7.05 Å². The molecular weight excluding hydrogens is 402 g/mol. The molecule has 166 valence electrons. The second-order valence-electron chi connectivity index (χ2n) is 9.03. The zero-order chi connectivity index (χ0) is 21.5. The van der Waals surface area contributed by atoms with Crippen molar-refractivity contribution in [1.82, 2.24) is 29.6 Å². The third-order valence-corrected chi connectivity index (χ3v) is 7.03. The van der Waals surface area contributed by atoms with Gasteiger partial charge < -0.3 is 15.0 Å². The fourth-order valence-corrected chi connectivity index (χ4v) is 5.30. The average molecular weight is 432 g/mol. The van der Waals surface area contributed by atoms with Crippen LogP contribution in [0, 0.1) is 0 Å². The molecule has 0 bridgehead atoms. The standard InChI is InChI=1S/C24H29N7O/c1-30-14-17(13-27-30)16-2-7-21-20(12-16)22-23(25-15-26-24(22)29-21)28-18-3-5-19(6-4-18)31-8-10-32-11-9-31/h2,7,12-15,18-19H,3-6,8-11H2,1H3,(H2,25,26,28,29)/t18-,19-. The lowest BCUT2D eigenvalue weighted by molar-refractivity contribution is 0.00791. The van der Waals surface area contributed by atoms with E-state index in [4.69, 9.17) is 4.74 Å². The summed E-state index contributed by atoms with van der Waals surface area (Å²) >= 11 is 0. The van der Waals surface area contributed by atoms with Crippen molar-refractivity contribution in [2.75, 3.05) is 31.6 Å². The molecule has 0 unspecified atom stereocenters. The smallest absolute Gasteiger partial charge is 0.143 e. The molecule has 2 fully saturated rings. The topological polar surface area (TPSA) is 83.9 Å². The normalized spacial score (nSPS) is 22.5. The zero-order valence-electron chi connectivity index (χ0n) is 18.4. The highest BCUT2D eigenvalue weighted by molar-refractivity contribution is 6.12. The van der Waals surface area contributed by atoms with Crippen LogP contribution in [0.15, 0.2) is 36.9 Å². The van der Waals surface area contributed by atoms with E-state index in [9.17, 15) is 0 Å². The fraction of sp³-hybridized carbons (Fsp3) is 0.458. The monoisotopic (exact) mass is 431 g/mol. The van der Waals surface area contributed by atoms with Gasteiger partial charge in [-0.3, -0.25) is 9.58 Å². The number of benzene rings is 1. The molecule has 4 aromatic rings. The van der Waals surface area contributed by atoms with Crippen LogP contribution < -0.4 is 5.32 Å². The fourth-order valence-electron chi connectivity index (χ4n) is 5.30. The van der Waals surface area contributed by atoms with E-state index in [1.165, 1.54) is 12.8 Å². The van der Waals surface area contributed by atoms with Crippen LogP contribution in [0.25, 0.3) is 33.1 Å². The van der Waals surface area contributed by atoms with E-state index in [-0.39, 0.29) is 0 Å². The summed E-state index contributed by atoms with van der Waals surface area (Å²) in [5.74, 6) is 0.930. The van der Waals surface area contributed by atoms with Crippen molar-refractivity contribution in [3.05, 3.63) is 36.9 Å². The minimum Gasteiger partial charge on any atom is -0.379 e. The van der Waals surface area contributed by atoms with Gasteiger partial charge in [-0.1, -0.05) is 6.07 Å². The number of aromatic amines is 1.